The summed E-state index contributed by atoms with van der Waals surface area (Å²) < 4.78 is 5.15. The fourth-order valence-electron chi connectivity index (χ4n) is 3.53. The van der Waals surface area contributed by atoms with Crippen LogP contribution in [0, 0.1) is 6.92 Å². The molecule has 3 heterocycles. The summed E-state index contributed by atoms with van der Waals surface area (Å²) in [5, 5.41) is 6.86. The summed E-state index contributed by atoms with van der Waals surface area (Å²) in [6, 6.07) is 11.7. The highest BCUT2D eigenvalue weighted by Crippen LogP contribution is 2.29. The molecule has 7 nitrogen and oxygen atoms in total. The lowest BCUT2D eigenvalue weighted by Crippen LogP contribution is -2.45. The van der Waals surface area contributed by atoms with Crippen LogP contribution in [0.4, 0.5) is 10.8 Å². The van der Waals surface area contributed by atoms with Crippen molar-refractivity contribution in [3.63, 3.8) is 0 Å². The zero-order chi connectivity index (χ0) is 20.2. The second-order valence-corrected chi connectivity index (χ2v) is 8.13. The normalized spacial score (nSPS) is 15.5. The van der Waals surface area contributed by atoms with E-state index in [9.17, 15) is 4.79 Å². The SMILES string of the molecule is CC(=O)N(c1ccccc1)c1nc(CN2CCN(Cc3cc(C)on3)CC2)cs1. The van der Waals surface area contributed by atoms with Gasteiger partial charge in [0, 0.05) is 57.6 Å². The van der Waals surface area contributed by atoms with Crippen molar-refractivity contribution in [2.45, 2.75) is 26.9 Å². The Morgan fingerprint density at radius 1 is 1.10 bits per heavy atom. The highest BCUT2D eigenvalue weighted by Gasteiger charge is 2.21. The number of hydrogen-bond donors (Lipinski definition) is 0. The number of thiazole rings is 1. The van der Waals surface area contributed by atoms with Crippen LogP contribution in [-0.2, 0) is 17.9 Å². The smallest absolute Gasteiger partial charge is 0.230 e. The van der Waals surface area contributed by atoms with E-state index >= 15 is 0 Å². The molecule has 1 aromatic carbocycles. The molecule has 0 N–H and O–H groups in total. The largest absolute Gasteiger partial charge is 0.361 e. The molecule has 3 aromatic rings. The number of benzene rings is 1. The summed E-state index contributed by atoms with van der Waals surface area (Å²) >= 11 is 1.51. The van der Waals surface area contributed by atoms with Gasteiger partial charge in [-0.3, -0.25) is 19.5 Å². The summed E-state index contributed by atoms with van der Waals surface area (Å²) in [6.45, 7) is 9.08. The number of anilines is 2. The van der Waals surface area contributed by atoms with Crippen LogP contribution in [0.5, 0.6) is 0 Å². The van der Waals surface area contributed by atoms with Gasteiger partial charge in [0.1, 0.15) is 5.76 Å². The Hall–Kier alpha value is -2.55. The van der Waals surface area contributed by atoms with E-state index in [0.29, 0.717) is 0 Å². The number of amides is 1. The standard InChI is InChI=1S/C21H25N5O2S/c1-16-12-18(23-28-16)13-24-8-10-25(11-9-24)14-19-15-29-21(22-19)26(17(2)27)20-6-4-3-5-7-20/h3-7,12,15H,8-11,13-14H2,1-2H3. The number of aryl methyl sites for hydroxylation is 1. The molecule has 0 spiro atoms. The number of aromatic nitrogens is 2. The number of rotatable bonds is 6. The molecule has 0 aliphatic carbocycles. The van der Waals surface area contributed by atoms with Crippen molar-refractivity contribution >= 4 is 28.1 Å². The molecule has 1 amide bonds. The molecular formula is C21H25N5O2S. The molecule has 0 bridgehead atoms. The first kappa shape index (κ1) is 19.8. The van der Waals surface area contributed by atoms with Gasteiger partial charge in [0.25, 0.3) is 0 Å². The summed E-state index contributed by atoms with van der Waals surface area (Å²) in [5.41, 5.74) is 2.84. The molecule has 0 unspecified atom stereocenters. The first-order valence-corrected chi connectivity index (χ1v) is 10.6. The van der Waals surface area contributed by atoms with E-state index in [1.807, 2.05) is 43.3 Å². The van der Waals surface area contributed by atoms with Gasteiger partial charge in [0.05, 0.1) is 17.1 Å². The minimum absolute atomic E-state index is 0.0335. The predicted octanol–water partition coefficient (Wildman–Crippen LogP) is 3.44. The average molecular weight is 412 g/mol. The maximum absolute atomic E-state index is 12.2. The van der Waals surface area contributed by atoms with Crippen LogP contribution in [0.25, 0.3) is 0 Å². The van der Waals surface area contributed by atoms with E-state index < -0.39 is 0 Å². The lowest BCUT2D eigenvalue weighted by atomic mass is 10.2. The fraction of sp³-hybridized carbons (Fsp3) is 0.381. The summed E-state index contributed by atoms with van der Waals surface area (Å²) in [5.74, 6) is 0.821. The lowest BCUT2D eigenvalue weighted by molar-refractivity contribution is -0.115. The number of nitrogens with zero attached hydrogens (tertiary/aromatic N) is 5. The minimum atomic E-state index is -0.0335. The Bertz CT molecular complexity index is 947. The van der Waals surface area contributed by atoms with Gasteiger partial charge in [-0.25, -0.2) is 4.98 Å². The van der Waals surface area contributed by atoms with Crippen LogP contribution in [0.2, 0.25) is 0 Å². The minimum Gasteiger partial charge on any atom is -0.361 e. The van der Waals surface area contributed by atoms with Crippen LogP contribution in [0.15, 0.2) is 46.3 Å². The third-order valence-electron chi connectivity index (χ3n) is 4.97. The third-order valence-corrected chi connectivity index (χ3v) is 5.85. The molecule has 0 saturated carbocycles. The first-order valence-electron chi connectivity index (χ1n) is 9.75. The number of hydrogen-bond acceptors (Lipinski definition) is 7. The second kappa shape index (κ2) is 8.86. The van der Waals surface area contributed by atoms with Crippen molar-refractivity contribution in [2.24, 2.45) is 0 Å². The molecule has 2 aromatic heterocycles. The molecule has 1 fully saturated rings. The lowest BCUT2D eigenvalue weighted by Gasteiger charge is -2.33. The molecule has 1 saturated heterocycles. The van der Waals surface area contributed by atoms with Gasteiger partial charge in [0.15, 0.2) is 5.13 Å². The Morgan fingerprint density at radius 3 is 2.34 bits per heavy atom. The van der Waals surface area contributed by atoms with Crippen LogP contribution >= 0.6 is 11.3 Å². The maximum Gasteiger partial charge on any atom is 0.230 e. The monoisotopic (exact) mass is 411 g/mol. The van der Waals surface area contributed by atoms with Crippen molar-refractivity contribution in [2.75, 3.05) is 31.1 Å². The van der Waals surface area contributed by atoms with Crippen molar-refractivity contribution in [1.29, 1.82) is 0 Å². The third kappa shape index (κ3) is 4.90. The Kier molecular flexibility index (Phi) is 6.03. The Morgan fingerprint density at radius 2 is 1.76 bits per heavy atom. The number of para-hydroxylation sites is 1. The summed E-state index contributed by atoms with van der Waals surface area (Å²) in [6.07, 6.45) is 0. The molecule has 152 valence electrons. The van der Waals surface area contributed by atoms with Crippen LogP contribution in [0.3, 0.4) is 0 Å². The molecule has 0 radical (unpaired) electrons. The Labute approximate surface area is 174 Å². The molecular weight excluding hydrogens is 386 g/mol. The number of carbonyl (C=O) groups excluding carboxylic acids is 1. The maximum atomic E-state index is 12.2. The van der Waals surface area contributed by atoms with Crippen molar-refractivity contribution < 1.29 is 9.32 Å². The average Bonchev–Trinajstić information content (AvgIpc) is 3.33. The Balaban J connectivity index is 1.34. The second-order valence-electron chi connectivity index (χ2n) is 7.29. The first-order chi connectivity index (χ1) is 14.1. The van der Waals surface area contributed by atoms with Crippen molar-refractivity contribution in [3.8, 4) is 0 Å². The van der Waals surface area contributed by atoms with Gasteiger partial charge in [-0.2, -0.15) is 0 Å². The summed E-state index contributed by atoms with van der Waals surface area (Å²) in [4.78, 5) is 23.4. The van der Waals surface area contributed by atoms with Gasteiger partial charge in [-0.15, -0.1) is 11.3 Å². The molecule has 8 heteroatoms. The van der Waals surface area contributed by atoms with Crippen LogP contribution in [0.1, 0.15) is 24.1 Å². The molecule has 0 atom stereocenters. The number of piperazine rings is 1. The highest BCUT2D eigenvalue weighted by molar-refractivity contribution is 7.14. The van der Waals surface area contributed by atoms with E-state index in [-0.39, 0.29) is 5.91 Å². The van der Waals surface area contributed by atoms with Gasteiger partial charge in [0.2, 0.25) is 5.91 Å². The van der Waals surface area contributed by atoms with Gasteiger partial charge in [-0.05, 0) is 19.1 Å². The molecule has 4 rings (SSSR count). The van der Waals surface area contributed by atoms with Gasteiger partial charge >= 0.3 is 0 Å². The van der Waals surface area contributed by atoms with Crippen LogP contribution < -0.4 is 4.90 Å². The van der Waals surface area contributed by atoms with E-state index in [0.717, 1.165) is 67.2 Å². The molecule has 1 aliphatic heterocycles. The van der Waals surface area contributed by atoms with E-state index in [1.54, 1.807) is 11.8 Å². The molecule has 1 aliphatic rings. The molecule has 29 heavy (non-hydrogen) atoms. The highest BCUT2D eigenvalue weighted by atomic mass is 32.1. The van der Waals surface area contributed by atoms with E-state index in [2.05, 4.69) is 20.3 Å². The zero-order valence-electron chi connectivity index (χ0n) is 16.7. The van der Waals surface area contributed by atoms with Crippen molar-refractivity contribution in [3.05, 3.63) is 58.9 Å². The van der Waals surface area contributed by atoms with Crippen LogP contribution in [-0.4, -0.2) is 52.0 Å². The van der Waals surface area contributed by atoms with E-state index in [1.165, 1.54) is 11.3 Å². The topological polar surface area (TPSA) is 65.7 Å². The summed E-state index contributed by atoms with van der Waals surface area (Å²) in [7, 11) is 0. The van der Waals surface area contributed by atoms with Gasteiger partial charge in [-0.1, -0.05) is 23.4 Å². The van der Waals surface area contributed by atoms with Gasteiger partial charge < -0.3 is 4.52 Å². The van der Waals surface area contributed by atoms with E-state index in [4.69, 9.17) is 9.51 Å². The zero-order valence-corrected chi connectivity index (χ0v) is 17.6. The predicted molar refractivity (Wildman–Crippen MR) is 113 cm³/mol. The fourth-order valence-corrected chi connectivity index (χ4v) is 4.41. The number of carbonyl (C=O) groups is 1. The quantitative estimate of drug-likeness (QED) is 0.619. The van der Waals surface area contributed by atoms with Crippen molar-refractivity contribution in [1.82, 2.24) is 19.9 Å².